The molecule has 0 bridgehead atoms. The van der Waals surface area contributed by atoms with Gasteiger partial charge in [-0.3, -0.25) is 4.98 Å². The molecule has 6 nitrogen and oxygen atoms in total. The predicted molar refractivity (Wildman–Crippen MR) is 102 cm³/mol. The Morgan fingerprint density at radius 1 is 1.35 bits per heavy atom. The number of aromatic nitrogens is 1. The van der Waals surface area contributed by atoms with E-state index < -0.39 is 0 Å². The van der Waals surface area contributed by atoms with Crippen LogP contribution in [0.15, 0.2) is 66.0 Å². The zero-order chi connectivity index (χ0) is 18.1. The highest BCUT2D eigenvalue weighted by molar-refractivity contribution is 5.86. The fraction of sp³-hybridized carbons (Fsp3) is 0.250. The van der Waals surface area contributed by atoms with Crippen LogP contribution in [0.4, 0.5) is 5.69 Å². The number of phenols is 1. The van der Waals surface area contributed by atoms with Crippen LogP contribution in [-0.2, 0) is 4.74 Å². The lowest BCUT2D eigenvalue weighted by molar-refractivity contribution is 0.258. The number of pyridine rings is 1. The Labute approximate surface area is 152 Å². The topological polar surface area (TPSA) is 60.9 Å². The van der Waals surface area contributed by atoms with Crippen LogP contribution in [0.2, 0.25) is 0 Å². The van der Waals surface area contributed by atoms with Gasteiger partial charge in [0, 0.05) is 36.4 Å². The third kappa shape index (κ3) is 3.23. The van der Waals surface area contributed by atoms with Crippen molar-refractivity contribution in [3.63, 3.8) is 0 Å². The molecule has 2 aliphatic heterocycles. The summed E-state index contributed by atoms with van der Waals surface area (Å²) in [5.74, 6) is 1.08. The molecule has 0 fully saturated rings. The minimum Gasteiger partial charge on any atom is -0.506 e. The van der Waals surface area contributed by atoms with Crippen molar-refractivity contribution >= 4 is 16.6 Å². The third-order valence-corrected chi connectivity index (χ3v) is 4.47. The van der Waals surface area contributed by atoms with Gasteiger partial charge in [-0.05, 0) is 32.3 Å². The largest absolute Gasteiger partial charge is 0.506 e. The Morgan fingerprint density at radius 2 is 2.23 bits per heavy atom. The molecule has 0 aliphatic carbocycles. The summed E-state index contributed by atoms with van der Waals surface area (Å²) in [5, 5.41) is 14.2. The number of fused-ring (bicyclic) bond motifs is 2. The first-order chi connectivity index (χ1) is 12.6. The number of benzene rings is 1. The molecule has 0 saturated heterocycles. The normalized spacial score (nSPS) is 16.1. The van der Waals surface area contributed by atoms with Crippen LogP contribution in [0.5, 0.6) is 5.75 Å². The number of nitrogens with zero attached hydrogens (tertiary/aromatic N) is 3. The quantitative estimate of drug-likeness (QED) is 0.865. The smallest absolute Gasteiger partial charge is 0.145 e. The third-order valence-electron chi connectivity index (χ3n) is 4.47. The predicted octanol–water partition coefficient (Wildman–Crippen LogP) is 2.87. The Hall–Kier alpha value is -2.99. The van der Waals surface area contributed by atoms with E-state index in [2.05, 4.69) is 46.5 Å². The standard InChI is InChI=1S/C20H22N4O2/c1-23(2)8-9-24-7-6-16-17(13-26-19(16)12-24)22-15-10-14-4-3-5-18(25)20(14)21-11-15/h3-7,10-12,22,25H,8-9,13H2,1-2H3. The highest BCUT2D eigenvalue weighted by Gasteiger charge is 2.23. The zero-order valence-corrected chi connectivity index (χ0v) is 14.9. The van der Waals surface area contributed by atoms with Crippen molar-refractivity contribution in [2.45, 2.75) is 0 Å². The van der Waals surface area contributed by atoms with Gasteiger partial charge < -0.3 is 25.0 Å². The molecule has 1 aromatic heterocycles. The maximum Gasteiger partial charge on any atom is 0.145 e. The van der Waals surface area contributed by atoms with Gasteiger partial charge in [-0.2, -0.15) is 0 Å². The average molecular weight is 350 g/mol. The molecule has 134 valence electrons. The number of rotatable bonds is 5. The zero-order valence-electron chi connectivity index (χ0n) is 14.9. The van der Waals surface area contributed by atoms with E-state index in [9.17, 15) is 5.11 Å². The Balaban J connectivity index is 1.54. The monoisotopic (exact) mass is 350 g/mol. The highest BCUT2D eigenvalue weighted by atomic mass is 16.5. The van der Waals surface area contributed by atoms with Crippen LogP contribution < -0.4 is 5.32 Å². The van der Waals surface area contributed by atoms with E-state index in [1.807, 2.05) is 24.4 Å². The molecule has 0 atom stereocenters. The summed E-state index contributed by atoms with van der Waals surface area (Å²) in [7, 11) is 4.13. The molecule has 0 amide bonds. The first-order valence-corrected chi connectivity index (χ1v) is 8.62. The number of hydrogen-bond donors (Lipinski definition) is 2. The van der Waals surface area contributed by atoms with E-state index in [0.29, 0.717) is 12.1 Å². The fourth-order valence-corrected chi connectivity index (χ4v) is 3.05. The lowest BCUT2D eigenvalue weighted by Gasteiger charge is -2.22. The molecule has 6 heteroatoms. The molecule has 2 N–H and O–H groups in total. The lowest BCUT2D eigenvalue weighted by Crippen LogP contribution is -2.26. The van der Waals surface area contributed by atoms with Crippen LogP contribution in [0.1, 0.15) is 0 Å². The summed E-state index contributed by atoms with van der Waals surface area (Å²) < 4.78 is 5.84. The van der Waals surface area contributed by atoms with Gasteiger partial charge >= 0.3 is 0 Å². The average Bonchev–Trinajstić information content (AvgIpc) is 3.02. The van der Waals surface area contributed by atoms with Gasteiger partial charge in [-0.15, -0.1) is 0 Å². The molecule has 2 aliphatic rings. The summed E-state index contributed by atoms with van der Waals surface area (Å²) in [5.41, 5.74) is 3.56. The number of phenolic OH excluding ortho intramolecular Hbond substituents is 1. The highest BCUT2D eigenvalue weighted by Crippen LogP contribution is 2.31. The second-order valence-corrected chi connectivity index (χ2v) is 6.73. The van der Waals surface area contributed by atoms with Crippen molar-refractivity contribution in [2.75, 3.05) is 39.1 Å². The van der Waals surface area contributed by atoms with E-state index in [1.54, 1.807) is 12.3 Å². The minimum atomic E-state index is 0.193. The number of para-hydroxylation sites is 1. The number of aromatic hydroxyl groups is 1. The number of nitrogens with one attached hydrogen (secondary N) is 1. The van der Waals surface area contributed by atoms with Crippen molar-refractivity contribution in [2.24, 2.45) is 0 Å². The summed E-state index contributed by atoms with van der Waals surface area (Å²) in [6, 6.07) is 7.37. The van der Waals surface area contributed by atoms with Crippen molar-refractivity contribution in [3.8, 4) is 5.75 Å². The van der Waals surface area contributed by atoms with Crippen molar-refractivity contribution in [1.82, 2.24) is 14.8 Å². The van der Waals surface area contributed by atoms with E-state index >= 15 is 0 Å². The van der Waals surface area contributed by atoms with E-state index in [1.165, 1.54) is 0 Å². The molecule has 2 aromatic rings. The first-order valence-electron chi connectivity index (χ1n) is 8.62. The fourth-order valence-electron chi connectivity index (χ4n) is 3.05. The molecule has 0 unspecified atom stereocenters. The lowest BCUT2D eigenvalue weighted by atomic mass is 10.1. The number of hydrogen-bond acceptors (Lipinski definition) is 6. The van der Waals surface area contributed by atoms with Crippen molar-refractivity contribution < 1.29 is 9.84 Å². The van der Waals surface area contributed by atoms with E-state index in [-0.39, 0.29) is 5.75 Å². The van der Waals surface area contributed by atoms with E-state index in [0.717, 1.165) is 41.2 Å². The molecule has 1 aromatic carbocycles. The van der Waals surface area contributed by atoms with Gasteiger partial charge in [0.25, 0.3) is 0 Å². The van der Waals surface area contributed by atoms with Crippen LogP contribution in [0.25, 0.3) is 10.9 Å². The second-order valence-electron chi connectivity index (χ2n) is 6.73. The second kappa shape index (κ2) is 6.72. The Kier molecular flexibility index (Phi) is 4.26. The maximum atomic E-state index is 9.87. The van der Waals surface area contributed by atoms with Crippen LogP contribution in [0, 0.1) is 0 Å². The van der Waals surface area contributed by atoms with Gasteiger partial charge in [0.2, 0.25) is 0 Å². The maximum absolute atomic E-state index is 9.87. The summed E-state index contributed by atoms with van der Waals surface area (Å²) in [6.45, 7) is 2.41. The number of anilines is 1. The van der Waals surface area contributed by atoms with Crippen LogP contribution in [0.3, 0.4) is 0 Å². The molecule has 0 spiro atoms. The van der Waals surface area contributed by atoms with Gasteiger partial charge in [0.1, 0.15) is 23.6 Å². The summed E-state index contributed by atoms with van der Waals surface area (Å²) in [4.78, 5) is 8.66. The van der Waals surface area contributed by atoms with Crippen molar-refractivity contribution in [3.05, 3.63) is 66.0 Å². The molecular formula is C20H22N4O2. The summed E-state index contributed by atoms with van der Waals surface area (Å²) >= 11 is 0. The number of ether oxygens (including phenoxy) is 1. The number of allylic oxidation sites excluding steroid dienone is 1. The Bertz CT molecular complexity index is 931. The first kappa shape index (κ1) is 16.5. The Morgan fingerprint density at radius 3 is 3.08 bits per heavy atom. The number of likely N-dealkylation sites (N-methyl/N-ethyl adjacent to an activating group) is 1. The molecule has 4 rings (SSSR count). The van der Waals surface area contributed by atoms with Gasteiger partial charge in [-0.1, -0.05) is 12.1 Å². The minimum absolute atomic E-state index is 0.193. The van der Waals surface area contributed by atoms with Crippen molar-refractivity contribution in [1.29, 1.82) is 0 Å². The van der Waals surface area contributed by atoms with E-state index in [4.69, 9.17) is 4.74 Å². The molecule has 26 heavy (non-hydrogen) atoms. The molecule has 0 radical (unpaired) electrons. The molecular weight excluding hydrogens is 328 g/mol. The SMILES string of the molecule is CN(C)CCN1C=CC2=C(Nc3cnc4c(O)cccc4c3)COC2=C1. The molecule has 3 heterocycles. The van der Waals surface area contributed by atoms with Gasteiger partial charge in [0.05, 0.1) is 17.6 Å². The summed E-state index contributed by atoms with van der Waals surface area (Å²) in [6.07, 6.45) is 7.94. The van der Waals surface area contributed by atoms with Crippen LogP contribution in [-0.4, -0.2) is 53.7 Å². The molecule has 0 saturated carbocycles. The van der Waals surface area contributed by atoms with Crippen LogP contribution >= 0.6 is 0 Å². The van der Waals surface area contributed by atoms with Gasteiger partial charge in [0.15, 0.2) is 0 Å². The van der Waals surface area contributed by atoms with Gasteiger partial charge in [-0.25, -0.2) is 0 Å².